The van der Waals surface area contributed by atoms with Crippen molar-refractivity contribution in [3.8, 4) is 0 Å². The Labute approximate surface area is 94.4 Å². The van der Waals surface area contributed by atoms with Crippen molar-refractivity contribution in [3.63, 3.8) is 0 Å². The van der Waals surface area contributed by atoms with Crippen LogP contribution >= 0.6 is 0 Å². The molecule has 1 atom stereocenters. The molecular weight excluding hydrogens is 206 g/mol. The zero-order valence-electron chi connectivity index (χ0n) is 9.22. The van der Waals surface area contributed by atoms with E-state index in [-0.39, 0.29) is 11.9 Å². The molecule has 2 heterocycles. The second kappa shape index (κ2) is 5.05. The average molecular weight is 221 g/mol. The van der Waals surface area contributed by atoms with Gasteiger partial charge in [-0.3, -0.25) is 9.78 Å². The molecule has 0 spiro atoms. The molecule has 0 radical (unpaired) electrons. The number of hydrogen-bond donors (Lipinski definition) is 1. The predicted molar refractivity (Wildman–Crippen MR) is 60.3 cm³/mol. The number of likely N-dealkylation sites (N-methyl/N-ethyl adjacent to an activating group) is 1. The molecule has 1 aliphatic rings. The van der Waals surface area contributed by atoms with Crippen molar-refractivity contribution in [1.29, 1.82) is 0 Å². The van der Waals surface area contributed by atoms with Gasteiger partial charge in [0.1, 0.15) is 6.04 Å². The number of amides is 1. The largest absolute Gasteiger partial charge is 0.377 e. The second-order valence-corrected chi connectivity index (χ2v) is 3.62. The maximum absolute atomic E-state index is 12.1. The Hall–Kier alpha value is -1.46. The fraction of sp³-hybridized carbons (Fsp3) is 0.455. The number of aromatic nitrogens is 1. The highest BCUT2D eigenvalue weighted by molar-refractivity contribution is 5.97. The molecule has 1 unspecified atom stereocenters. The van der Waals surface area contributed by atoms with Crippen LogP contribution in [0.3, 0.4) is 0 Å². The van der Waals surface area contributed by atoms with Crippen LogP contribution in [0.1, 0.15) is 0 Å². The maximum Gasteiger partial charge on any atom is 0.246 e. The Kier molecular flexibility index (Phi) is 3.48. The standard InChI is InChI=1S/C11H15N3O2/c1-12-10-8-16-6-5-14(11(10)15)9-3-2-4-13-7-9/h2-4,7,10,12H,5-6,8H2,1H3. The predicted octanol–water partition coefficient (Wildman–Crippen LogP) is 0.0328. The summed E-state index contributed by atoms with van der Waals surface area (Å²) in [6.07, 6.45) is 3.38. The van der Waals surface area contributed by atoms with Crippen molar-refractivity contribution >= 4 is 11.6 Å². The maximum atomic E-state index is 12.1. The molecule has 1 aromatic rings. The van der Waals surface area contributed by atoms with Crippen LogP contribution in [0.25, 0.3) is 0 Å². The number of anilines is 1. The van der Waals surface area contributed by atoms with Crippen LogP contribution in [0, 0.1) is 0 Å². The minimum Gasteiger partial charge on any atom is -0.377 e. The minimum absolute atomic E-state index is 0.0352. The molecule has 1 aliphatic heterocycles. The van der Waals surface area contributed by atoms with Gasteiger partial charge < -0.3 is 15.0 Å². The number of ether oxygens (including phenoxy) is 1. The summed E-state index contributed by atoms with van der Waals surface area (Å²) >= 11 is 0. The first kappa shape index (κ1) is 11.0. The van der Waals surface area contributed by atoms with Crippen LogP contribution < -0.4 is 10.2 Å². The van der Waals surface area contributed by atoms with Crippen LogP contribution in [0.5, 0.6) is 0 Å². The van der Waals surface area contributed by atoms with Gasteiger partial charge in [0.25, 0.3) is 0 Å². The third kappa shape index (κ3) is 2.20. The Morgan fingerprint density at radius 2 is 2.50 bits per heavy atom. The summed E-state index contributed by atoms with van der Waals surface area (Å²) in [5, 5.41) is 2.96. The molecule has 0 aliphatic carbocycles. The molecule has 1 aromatic heterocycles. The van der Waals surface area contributed by atoms with Crippen LogP contribution in [0.2, 0.25) is 0 Å². The number of pyridine rings is 1. The number of carbonyl (C=O) groups is 1. The Balaban J connectivity index is 2.22. The average Bonchev–Trinajstić information content (AvgIpc) is 2.52. The third-order valence-corrected chi connectivity index (χ3v) is 2.61. The van der Waals surface area contributed by atoms with Crippen molar-refractivity contribution < 1.29 is 9.53 Å². The van der Waals surface area contributed by atoms with Gasteiger partial charge in [0.05, 0.1) is 25.1 Å². The van der Waals surface area contributed by atoms with Gasteiger partial charge in [-0.2, -0.15) is 0 Å². The Morgan fingerprint density at radius 3 is 3.19 bits per heavy atom. The van der Waals surface area contributed by atoms with Gasteiger partial charge >= 0.3 is 0 Å². The molecule has 2 rings (SSSR count). The normalized spacial score (nSPS) is 21.9. The summed E-state index contributed by atoms with van der Waals surface area (Å²) < 4.78 is 5.37. The Morgan fingerprint density at radius 1 is 1.62 bits per heavy atom. The zero-order valence-corrected chi connectivity index (χ0v) is 9.22. The number of rotatable bonds is 2. The molecule has 1 saturated heterocycles. The number of nitrogens with one attached hydrogen (secondary N) is 1. The number of hydrogen-bond acceptors (Lipinski definition) is 4. The van der Waals surface area contributed by atoms with Gasteiger partial charge in [-0.05, 0) is 19.2 Å². The second-order valence-electron chi connectivity index (χ2n) is 3.62. The van der Waals surface area contributed by atoms with E-state index in [1.54, 1.807) is 24.3 Å². The molecule has 5 nitrogen and oxygen atoms in total. The van der Waals surface area contributed by atoms with Crippen LogP contribution in [-0.2, 0) is 9.53 Å². The van der Waals surface area contributed by atoms with Gasteiger partial charge in [0.15, 0.2) is 0 Å². The Bertz CT molecular complexity index is 356. The summed E-state index contributed by atoms with van der Waals surface area (Å²) in [5.41, 5.74) is 0.818. The zero-order chi connectivity index (χ0) is 11.4. The van der Waals surface area contributed by atoms with Gasteiger partial charge in [0, 0.05) is 12.7 Å². The molecule has 1 fully saturated rings. The highest BCUT2D eigenvalue weighted by Gasteiger charge is 2.27. The summed E-state index contributed by atoms with van der Waals surface area (Å²) in [7, 11) is 1.76. The van der Waals surface area contributed by atoms with Crippen molar-refractivity contribution in [2.45, 2.75) is 6.04 Å². The van der Waals surface area contributed by atoms with E-state index < -0.39 is 0 Å². The highest BCUT2D eigenvalue weighted by atomic mass is 16.5. The fourth-order valence-electron chi connectivity index (χ4n) is 1.70. The van der Waals surface area contributed by atoms with Crippen molar-refractivity contribution in [2.24, 2.45) is 0 Å². The van der Waals surface area contributed by atoms with Crippen LogP contribution in [-0.4, -0.2) is 43.7 Å². The molecule has 0 bridgehead atoms. The first-order chi connectivity index (χ1) is 7.83. The molecule has 0 aromatic carbocycles. The first-order valence-corrected chi connectivity index (χ1v) is 5.29. The molecule has 16 heavy (non-hydrogen) atoms. The lowest BCUT2D eigenvalue weighted by Crippen LogP contribution is -2.46. The monoisotopic (exact) mass is 221 g/mol. The molecular formula is C11H15N3O2. The van der Waals surface area contributed by atoms with Gasteiger partial charge in [0.2, 0.25) is 5.91 Å². The van der Waals surface area contributed by atoms with Gasteiger partial charge in [-0.25, -0.2) is 0 Å². The lowest BCUT2D eigenvalue weighted by atomic mass is 10.2. The fourth-order valence-corrected chi connectivity index (χ4v) is 1.70. The van der Waals surface area contributed by atoms with Crippen molar-refractivity contribution in [1.82, 2.24) is 10.3 Å². The summed E-state index contributed by atoms with van der Waals surface area (Å²) in [6, 6.07) is 3.42. The van der Waals surface area contributed by atoms with E-state index in [0.717, 1.165) is 5.69 Å². The van der Waals surface area contributed by atoms with E-state index in [2.05, 4.69) is 10.3 Å². The minimum atomic E-state index is -0.275. The van der Waals surface area contributed by atoms with E-state index >= 15 is 0 Å². The molecule has 1 N–H and O–H groups in total. The summed E-state index contributed by atoms with van der Waals surface area (Å²) in [5.74, 6) is 0.0352. The summed E-state index contributed by atoms with van der Waals surface area (Å²) in [6.45, 7) is 1.55. The molecule has 0 saturated carbocycles. The van der Waals surface area contributed by atoms with Gasteiger partial charge in [-0.15, -0.1) is 0 Å². The smallest absolute Gasteiger partial charge is 0.246 e. The molecule has 5 heteroatoms. The molecule has 86 valence electrons. The SMILES string of the molecule is CNC1COCCN(c2cccnc2)C1=O. The lowest BCUT2D eigenvalue weighted by Gasteiger charge is -2.22. The first-order valence-electron chi connectivity index (χ1n) is 5.29. The van der Waals surface area contributed by atoms with E-state index in [9.17, 15) is 4.79 Å². The number of carbonyl (C=O) groups excluding carboxylic acids is 1. The quantitative estimate of drug-likeness (QED) is 0.765. The van der Waals surface area contributed by atoms with Crippen LogP contribution in [0.4, 0.5) is 5.69 Å². The van der Waals surface area contributed by atoms with E-state index in [1.807, 2.05) is 12.1 Å². The summed E-state index contributed by atoms with van der Waals surface area (Å²) in [4.78, 5) is 17.9. The number of nitrogens with zero attached hydrogens (tertiary/aromatic N) is 2. The van der Waals surface area contributed by atoms with Crippen LogP contribution in [0.15, 0.2) is 24.5 Å². The highest BCUT2D eigenvalue weighted by Crippen LogP contribution is 2.14. The topological polar surface area (TPSA) is 54.5 Å². The third-order valence-electron chi connectivity index (χ3n) is 2.61. The van der Waals surface area contributed by atoms with Crippen molar-refractivity contribution in [3.05, 3.63) is 24.5 Å². The molecule has 1 amide bonds. The lowest BCUT2D eigenvalue weighted by molar-refractivity contribution is -0.120. The van der Waals surface area contributed by atoms with Crippen molar-refractivity contribution in [2.75, 3.05) is 31.7 Å². The van der Waals surface area contributed by atoms with E-state index in [0.29, 0.717) is 19.8 Å². The van der Waals surface area contributed by atoms with E-state index in [1.165, 1.54) is 0 Å². The van der Waals surface area contributed by atoms with Gasteiger partial charge in [-0.1, -0.05) is 0 Å². The van der Waals surface area contributed by atoms with E-state index in [4.69, 9.17) is 4.74 Å².